The van der Waals surface area contributed by atoms with Crippen molar-refractivity contribution in [3.8, 4) is 0 Å². The number of rotatable bonds is 5. The van der Waals surface area contributed by atoms with Gasteiger partial charge in [-0.15, -0.1) is 0 Å². The van der Waals surface area contributed by atoms with Crippen molar-refractivity contribution in [3.05, 3.63) is 69.8 Å². The predicted octanol–water partition coefficient (Wildman–Crippen LogP) is 2.91. The third-order valence-electron chi connectivity index (χ3n) is 2.93. The van der Waals surface area contributed by atoms with Crippen LogP contribution in [0.5, 0.6) is 0 Å². The number of carbonyl (C=O) groups is 2. The van der Waals surface area contributed by atoms with E-state index in [9.17, 15) is 19.7 Å². The number of ether oxygens (including phenoxy) is 1. The smallest absolute Gasteiger partial charge is 0.338 e. The normalized spacial score (nSPS) is 9.96. The Balaban J connectivity index is 1.98. The number of nitro benzene ring substituents is 1. The zero-order chi connectivity index (χ0) is 16.8. The SMILES string of the molecule is CC(=O)Nc1ccc(C(=O)OCc2cccc([N+](=O)[O-])c2)cc1. The summed E-state index contributed by atoms with van der Waals surface area (Å²) in [5.74, 6) is -0.753. The van der Waals surface area contributed by atoms with Crippen LogP contribution in [0.3, 0.4) is 0 Å². The number of non-ortho nitro benzene ring substituents is 1. The van der Waals surface area contributed by atoms with Crippen LogP contribution in [-0.4, -0.2) is 16.8 Å². The standard InChI is InChI=1S/C16H14N2O5/c1-11(19)17-14-7-5-13(6-8-14)16(20)23-10-12-3-2-4-15(9-12)18(21)22/h2-9H,10H2,1H3,(H,17,19). The van der Waals surface area contributed by atoms with Crippen LogP contribution in [0.1, 0.15) is 22.8 Å². The highest BCUT2D eigenvalue weighted by Crippen LogP contribution is 2.15. The Hall–Kier alpha value is -3.22. The Morgan fingerprint density at radius 1 is 1.17 bits per heavy atom. The molecule has 0 aromatic heterocycles. The Labute approximate surface area is 132 Å². The number of nitro groups is 1. The number of nitrogens with one attached hydrogen (secondary N) is 1. The largest absolute Gasteiger partial charge is 0.457 e. The Kier molecular flexibility index (Phi) is 5.03. The number of anilines is 1. The minimum atomic E-state index is -0.550. The van der Waals surface area contributed by atoms with E-state index in [-0.39, 0.29) is 18.2 Å². The summed E-state index contributed by atoms with van der Waals surface area (Å²) in [5, 5.41) is 13.3. The summed E-state index contributed by atoms with van der Waals surface area (Å²) in [6, 6.07) is 12.1. The van der Waals surface area contributed by atoms with E-state index in [1.54, 1.807) is 18.2 Å². The van der Waals surface area contributed by atoms with Gasteiger partial charge in [0, 0.05) is 24.7 Å². The molecule has 0 aliphatic heterocycles. The second-order valence-electron chi connectivity index (χ2n) is 4.76. The molecule has 0 fully saturated rings. The van der Waals surface area contributed by atoms with Gasteiger partial charge in [-0.1, -0.05) is 12.1 Å². The van der Waals surface area contributed by atoms with Crippen molar-refractivity contribution >= 4 is 23.3 Å². The van der Waals surface area contributed by atoms with Gasteiger partial charge in [0.05, 0.1) is 10.5 Å². The average molecular weight is 314 g/mol. The zero-order valence-corrected chi connectivity index (χ0v) is 12.3. The maximum absolute atomic E-state index is 11.9. The van der Waals surface area contributed by atoms with E-state index in [2.05, 4.69) is 5.32 Å². The van der Waals surface area contributed by atoms with Gasteiger partial charge in [0.25, 0.3) is 5.69 Å². The molecule has 0 heterocycles. The van der Waals surface area contributed by atoms with E-state index < -0.39 is 10.9 Å². The van der Waals surface area contributed by atoms with E-state index in [1.807, 2.05) is 0 Å². The second kappa shape index (κ2) is 7.17. The van der Waals surface area contributed by atoms with Crippen LogP contribution >= 0.6 is 0 Å². The molecule has 7 heteroatoms. The summed E-state index contributed by atoms with van der Waals surface area (Å²) in [4.78, 5) is 33.0. The highest BCUT2D eigenvalue weighted by Gasteiger charge is 2.10. The molecule has 0 saturated heterocycles. The van der Waals surface area contributed by atoms with E-state index in [4.69, 9.17) is 4.74 Å². The topological polar surface area (TPSA) is 98.5 Å². The number of benzene rings is 2. The predicted molar refractivity (Wildman–Crippen MR) is 83.0 cm³/mol. The Bertz CT molecular complexity index is 740. The van der Waals surface area contributed by atoms with Gasteiger partial charge < -0.3 is 10.1 Å². The monoisotopic (exact) mass is 314 g/mol. The maximum Gasteiger partial charge on any atom is 0.338 e. The van der Waals surface area contributed by atoms with Gasteiger partial charge in [-0.3, -0.25) is 14.9 Å². The Morgan fingerprint density at radius 2 is 1.87 bits per heavy atom. The van der Waals surface area contributed by atoms with Crippen molar-refractivity contribution in [2.24, 2.45) is 0 Å². The van der Waals surface area contributed by atoms with Gasteiger partial charge in [0.1, 0.15) is 6.61 Å². The number of amides is 1. The van der Waals surface area contributed by atoms with Gasteiger partial charge in [0.15, 0.2) is 0 Å². The van der Waals surface area contributed by atoms with Gasteiger partial charge in [-0.25, -0.2) is 4.79 Å². The molecule has 1 N–H and O–H groups in total. The minimum absolute atomic E-state index is 0.0572. The first-order chi connectivity index (χ1) is 11.0. The lowest BCUT2D eigenvalue weighted by molar-refractivity contribution is -0.384. The van der Waals surface area contributed by atoms with E-state index in [0.717, 1.165) is 0 Å². The van der Waals surface area contributed by atoms with Crippen LogP contribution < -0.4 is 5.32 Å². The molecular formula is C16H14N2O5. The molecule has 7 nitrogen and oxygen atoms in total. The van der Waals surface area contributed by atoms with E-state index in [0.29, 0.717) is 16.8 Å². The highest BCUT2D eigenvalue weighted by atomic mass is 16.6. The summed E-state index contributed by atoms with van der Waals surface area (Å²) in [5.41, 5.74) is 1.37. The molecule has 0 bridgehead atoms. The van der Waals surface area contributed by atoms with Crippen molar-refractivity contribution in [1.82, 2.24) is 0 Å². The Morgan fingerprint density at radius 3 is 2.48 bits per heavy atom. The highest BCUT2D eigenvalue weighted by molar-refractivity contribution is 5.92. The zero-order valence-electron chi connectivity index (χ0n) is 12.3. The fourth-order valence-corrected chi connectivity index (χ4v) is 1.88. The summed E-state index contributed by atoms with van der Waals surface area (Å²) in [6.07, 6.45) is 0. The number of hydrogen-bond donors (Lipinski definition) is 1. The molecule has 0 unspecified atom stereocenters. The van der Waals surface area contributed by atoms with Gasteiger partial charge in [-0.05, 0) is 29.8 Å². The van der Waals surface area contributed by atoms with Gasteiger partial charge in [-0.2, -0.15) is 0 Å². The molecule has 0 atom stereocenters. The molecule has 1 amide bonds. The van der Waals surface area contributed by atoms with Gasteiger partial charge >= 0.3 is 5.97 Å². The minimum Gasteiger partial charge on any atom is -0.457 e. The van der Waals surface area contributed by atoms with Crippen LogP contribution in [0.25, 0.3) is 0 Å². The van der Waals surface area contributed by atoms with Crippen LogP contribution in [-0.2, 0) is 16.1 Å². The lowest BCUT2D eigenvalue weighted by Crippen LogP contribution is -2.07. The van der Waals surface area contributed by atoms with Crippen LogP contribution in [0.15, 0.2) is 48.5 Å². The summed E-state index contributed by atoms with van der Waals surface area (Å²) < 4.78 is 5.12. The molecular weight excluding hydrogens is 300 g/mol. The molecule has 2 aromatic rings. The second-order valence-corrected chi connectivity index (χ2v) is 4.76. The lowest BCUT2D eigenvalue weighted by Gasteiger charge is -2.06. The first-order valence-electron chi connectivity index (χ1n) is 6.74. The van der Waals surface area contributed by atoms with Crippen molar-refractivity contribution in [2.45, 2.75) is 13.5 Å². The fourth-order valence-electron chi connectivity index (χ4n) is 1.88. The van der Waals surface area contributed by atoms with Crippen molar-refractivity contribution in [1.29, 1.82) is 0 Å². The molecule has 118 valence electrons. The maximum atomic E-state index is 11.9. The molecule has 2 aromatic carbocycles. The van der Waals surface area contributed by atoms with Crippen LogP contribution in [0.2, 0.25) is 0 Å². The molecule has 0 aliphatic carbocycles. The first-order valence-corrected chi connectivity index (χ1v) is 6.74. The number of carbonyl (C=O) groups excluding carboxylic acids is 2. The molecule has 2 rings (SSSR count). The van der Waals surface area contributed by atoms with Crippen molar-refractivity contribution in [3.63, 3.8) is 0 Å². The van der Waals surface area contributed by atoms with Crippen LogP contribution in [0, 0.1) is 10.1 Å². The fraction of sp³-hybridized carbons (Fsp3) is 0.125. The third kappa shape index (κ3) is 4.63. The summed E-state index contributed by atoms with van der Waals surface area (Å²) in [6.45, 7) is 1.33. The van der Waals surface area contributed by atoms with Crippen molar-refractivity contribution < 1.29 is 19.2 Å². The summed E-state index contributed by atoms with van der Waals surface area (Å²) >= 11 is 0. The first kappa shape index (κ1) is 16.2. The third-order valence-corrected chi connectivity index (χ3v) is 2.93. The molecule has 0 aliphatic rings. The molecule has 0 spiro atoms. The van der Waals surface area contributed by atoms with E-state index >= 15 is 0 Å². The van der Waals surface area contributed by atoms with Crippen LogP contribution in [0.4, 0.5) is 11.4 Å². The average Bonchev–Trinajstić information content (AvgIpc) is 2.53. The quantitative estimate of drug-likeness (QED) is 0.520. The number of nitrogens with zero attached hydrogens (tertiary/aromatic N) is 1. The van der Waals surface area contributed by atoms with E-state index in [1.165, 1.54) is 37.3 Å². The van der Waals surface area contributed by atoms with Crippen molar-refractivity contribution in [2.75, 3.05) is 5.32 Å². The van der Waals surface area contributed by atoms with Gasteiger partial charge in [0.2, 0.25) is 5.91 Å². The number of hydrogen-bond acceptors (Lipinski definition) is 5. The molecule has 0 radical (unpaired) electrons. The lowest BCUT2D eigenvalue weighted by atomic mass is 10.2. The summed E-state index contributed by atoms with van der Waals surface area (Å²) in [7, 11) is 0. The molecule has 23 heavy (non-hydrogen) atoms. The molecule has 0 saturated carbocycles. The number of esters is 1.